The van der Waals surface area contributed by atoms with Gasteiger partial charge in [0.2, 0.25) is 0 Å². The molecule has 0 saturated carbocycles. The van der Waals surface area contributed by atoms with E-state index in [0.717, 1.165) is 63.3 Å². The monoisotopic (exact) mass is 705 g/mol. The van der Waals surface area contributed by atoms with Gasteiger partial charge in [-0.05, 0) is 101 Å². The van der Waals surface area contributed by atoms with E-state index in [2.05, 4.69) is 83.0 Å². The predicted molar refractivity (Wildman–Crippen MR) is 203 cm³/mol. The number of nitrogens with one attached hydrogen (secondary N) is 3. The summed E-state index contributed by atoms with van der Waals surface area (Å²) in [5, 5.41) is 8.13. The van der Waals surface area contributed by atoms with Crippen molar-refractivity contribution in [1.29, 1.82) is 0 Å². The van der Waals surface area contributed by atoms with Gasteiger partial charge < -0.3 is 30.0 Å². The van der Waals surface area contributed by atoms with Crippen LogP contribution >= 0.6 is 0 Å². The standard InChI is InChI=1S/C41H51N7O4/c1-24-17-34(47(22-24)38(49)51-40(3,4)5)36-42-20-32(45-36)27-11-9-26(10-12-27)28-13-15-30-29(19-28)14-16-31(44-30)33-21-43-37(46-33)35-18-25(2)23-48(35)39(50)52-41(6,7)8/h9-16,19-21,24-25,34-36,42,45H,17-18,22-23H2,1-8H3,(H,43,46). The molecule has 2 amide bonds. The molecule has 0 aliphatic carbocycles. The molecule has 2 aromatic heterocycles. The Morgan fingerprint density at radius 3 is 2.13 bits per heavy atom. The highest BCUT2D eigenvalue weighted by Crippen LogP contribution is 2.36. The van der Waals surface area contributed by atoms with Gasteiger partial charge in [0.05, 0.1) is 40.9 Å². The van der Waals surface area contributed by atoms with Gasteiger partial charge in [-0.1, -0.05) is 50.2 Å². The molecule has 52 heavy (non-hydrogen) atoms. The van der Waals surface area contributed by atoms with E-state index in [4.69, 9.17) is 14.5 Å². The van der Waals surface area contributed by atoms with Gasteiger partial charge in [-0.25, -0.2) is 19.6 Å². The van der Waals surface area contributed by atoms with Crippen LogP contribution in [0.1, 0.15) is 85.7 Å². The summed E-state index contributed by atoms with van der Waals surface area (Å²) in [7, 11) is 0. The average Bonchev–Trinajstić information content (AvgIpc) is 3.89. The van der Waals surface area contributed by atoms with E-state index in [9.17, 15) is 9.59 Å². The van der Waals surface area contributed by atoms with Crippen molar-refractivity contribution in [3.63, 3.8) is 0 Å². The number of hydrogen-bond donors (Lipinski definition) is 3. The molecule has 5 heterocycles. The van der Waals surface area contributed by atoms with Crippen LogP contribution in [0.5, 0.6) is 0 Å². The van der Waals surface area contributed by atoms with Crippen LogP contribution < -0.4 is 10.6 Å². The number of carbonyl (C=O) groups excluding carboxylic acids is 2. The second-order valence-corrected chi connectivity index (χ2v) is 16.7. The summed E-state index contributed by atoms with van der Waals surface area (Å²) in [5.41, 5.74) is 5.68. The van der Waals surface area contributed by atoms with E-state index in [1.54, 1.807) is 11.1 Å². The van der Waals surface area contributed by atoms with Crippen molar-refractivity contribution in [2.24, 2.45) is 11.8 Å². The lowest BCUT2D eigenvalue weighted by atomic mass is 10.0. The van der Waals surface area contributed by atoms with Gasteiger partial charge in [0.1, 0.15) is 23.2 Å². The van der Waals surface area contributed by atoms with Crippen molar-refractivity contribution >= 4 is 28.8 Å². The van der Waals surface area contributed by atoms with Gasteiger partial charge in [-0.15, -0.1) is 0 Å². The smallest absolute Gasteiger partial charge is 0.410 e. The lowest BCUT2D eigenvalue weighted by Crippen LogP contribution is -2.52. The zero-order valence-corrected chi connectivity index (χ0v) is 31.5. The van der Waals surface area contributed by atoms with Gasteiger partial charge in [0.25, 0.3) is 0 Å². The average molecular weight is 706 g/mol. The van der Waals surface area contributed by atoms with Crippen LogP contribution in [-0.2, 0) is 9.47 Å². The number of rotatable bonds is 5. The number of hydrogen-bond acceptors (Lipinski definition) is 8. The van der Waals surface area contributed by atoms with Crippen molar-refractivity contribution in [2.75, 3.05) is 13.1 Å². The van der Waals surface area contributed by atoms with Crippen LogP contribution in [-0.4, -0.2) is 73.4 Å². The second-order valence-electron chi connectivity index (χ2n) is 16.7. The largest absolute Gasteiger partial charge is 0.444 e. The van der Waals surface area contributed by atoms with Crippen LogP contribution in [0.3, 0.4) is 0 Å². The molecule has 0 radical (unpaired) electrons. The van der Waals surface area contributed by atoms with Gasteiger partial charge in [-0.2, -0.15) is 0 Å². The van der Waals surface area contributed by atoms with E-state index in [1.165, 1.54) is 0 Å². The number of benzene rings is 2. The minimum Gasteiger partial charge on any atom is -0.444 e. The molecule has 3 aliphatic heterocycles. The summed E-state index contributed by atoms with van der Waals surface area (Å²) in [6.45, 7) is 17.0. The number of amides is 2. The maximum Gasteiger partial charge on any atom is 0.410 e. The van der Waals surface area contributed by atoms with Crippen LogP contribution in [0.4, 0.5) is 9.59 Å². The van der Waals surface area contributed by atoms with Gasteiger partial charge in [-0.3, -0.25) is 4.90 Å². The van der Waals surface area contributed by atoms with Crippen molar-refractivity contribution in [2.45, 2.75) is 97.7 Å². The molecule has 0 spiro atoms. The molecule has 5 atom stereocenters. The Bertz CT molecular complexity index is 1990. The maximum absolute atomic E-state index is 13.0. The Kier molecular flexibility index (Phi) is 9.17. The number of aromatic nitrogens is 3. The molecular weight excluding hydrogens is 654 g/mol. The summed E-state index contributed by atoms with van der Waals surface area (Å²) in [4.78, 5) is 42.7. The Morgan fingerprint density at radius 1 is 0.788 bits per heavy atom. The lowest BCUT2D eigenvalue weighted by Gasteiger charge is -2.32. The van der Waals surface area contributed by atoms with E-state index in [1.807, 2.05) is 58.7 Å². The number of nitrogens with zero attached hydrogens (tertiary/aromatic N) is 4. The van der Waals surface area contributed by atoms with E-state index >= 15 is 0 Å². The summed E-state index contributed by atoms with van der Waals surface area (Å²) < 4.78 is 11.4. The van der Waals surface area contributed by atoms with E-state index < -0.39 is 11.2 Å². The number of likely N-dealkylation sites (tertiary alicyclic amines) is 2. The van der Waals surface area contributed by atoms with Crippen molar-refractivity contribution < 1.29 is 19.1 Å². The fraction of sp³-hybridized carbons (Fsp3) is 0.463. The molecule has 11 nitrogen and oxygen atoms in total. The highest BCUT2D eigenvalue weighted by atomic mass is 16.6. The number of carbonyl (C=O) groups is 2. The SMILES string of the molecule is CC1CC(c2ncc(-c3ccc4cc(-c5ccc(C6=CNC(C7CC(C)CN7C(=O)OC(C)(C)C)N6)cc5)ccc4n3)[nH]2)N(C(=O)OC(C)(C)C)C1. The Hall–Kier alpha value is -5.06. The number of fused-ring (bicyclic) bond motifs is 1. The lowest BCUT2D eigenvalue weighted by molar-refractivity contribution is 0.0189. The van der Waals surface area contributed by atoms with Crippen molar-refractivity contribution in [3.8, 4) is 22.5 Å². The minimum absolute atomic E-state index is 0.00875. The van der Waals surface area contributed by atoms with Gasteiger partial charge in [0.15, 0.2) is 0 Å². The molecule has 3 aliphatic rings. The second kappa shape index (κ2) is 13.5. The Balaban J connectivity index is 1.01. The first-order valence-electron chi connectivity index (χ1n) is 18.4. The molecule has 0 bridgehead atoms. The summed E-state index contributed by atoms with van der Waals surface area (Å²) in [6, 6.07) is 18.7. The Labute approximate surface area is 306 Å². The molecule has 7 rings (SSSR count). The van der Waals surface area contributed by atoms with Crippen LogP contribution in [0.15, 0.2) is 67.0 Å². The number of ether oxygens (including phenoxy) is 2. The van der Waals surface area contributed by atoms with Gasteiger partial charge >= 0.3 is 12.2 Å². The molecule has 2 fully saturated rings. The topological polar surface area (TPSA) is 125 Å². The molecule has 274 valence electrons. The summed E-state index contributed by atoms with van der Waals surface area (Å²) in [6.07, 6.45) is 4.87. The van der Waals surface area contributed by atoms with Crippen molar-refractivity contribution in [1.82, 2.24) is 35.4 Å². The maximum atomic E-state index is 13.0. The summed E-state index contributed by atoms with van der Waals surface area (Å²) in [5.74, 6) is 1.49. The molecule has 4 aromatic rings. The third kappa shape index (κ3) is 7.59. The van der Waals surface area contributed by atoms with Crippen molar-refractivity contribution in [3.05, 3.63) is 78.4 Å². The zero-order chi connectivity index (χ0) is 36.9. The normalized spacial score (nSPS) is 23.4. The molecule has 2 saturated heterocycles. The number of H-pyrrole nitrogens is 1. The zero-order valence-electron chi connectivity index (χ0n) is 31.5. The van der Waals surface area contributed by atoms with E-state index in [-0.39, 0.29) is 30.4 Å². The highest BCUT2D eigenvalue weighted by Gasteiger charge is 2.42. The minimum atomic E-state index is -0.559. The summed E-state index contributed by atoms with van der Waals surface area (Å²) >= 11 is 0. The Morgan fingerprint density at radius 2 is 1.42 bits per heavy atom. The third-order valence-electron chi connectivity index (χ3n) is 9.83. The predicted octanol–water partition coefficient (Wildman–Crippen LogP) is 8.07. The van der Waals surface area contributed by atoms with E-state index in [0.29, 0.717) is 24.9 Å². The van der Waals surface area contributed by atoms with Crippen LogP contribution in [0, 0.1) is 11.8 Å². The number of aromatic amines is 1. The van der Waals surface area contributed by atoms with Gasteiger partial charge in [0, 0.05) is 24.7 Å². The third-order valence-corrected chi connectivity index (χ3v) is 9.83. The highest BCUT2D eigenvalue weighted by molar-refractivity contribution is 5.86. The molecule has 11 heteroatoms. The number of imidazole rings is 1. The fourth-order valence-corrected chi connectivity index (χ4v) is 7.49. The molecule has 2 aromatic carbocycles. The number of pyridine rings is 1. The molecule has 3 N–H and O–H groups in total. The molecular formula is C41H51N7O4. The van der Waals surface area contributed by atoms with Crippen LogP contribution in [0.2, 0.25) is 0 Å². The first-order valence-corrected chi connectivity index (χ1v) is 18.4. The first-order chi connectivity index (χ1) is 24.6. The van der Waals surface area contributed by atoms with Crippen LogP contribution in [0.25, 0.3) is 39.1 Å². The fourth-order valence-electron chi connectivity index (χ4n) is 7.49. The molecule has 5 unspecified atom stereocenters. The first kappa shape index (κ1) is 35.3. The quantitative estimate of drug-likeness (QED) is 0.191.